The molecule has 4 amide bonds. The van der Waals surface area contributed by atoms with E-state index in [-0.39, 0.29) is 77.3 Å². The van der Waals surface area contributed by atoms with Gasteiger partial charge in [0.1, 0.15) is 11.6 Å². The summed E-state index contributed by atoms with van der Waals surface area (Å²) in [7, 11) is 0. The number of nitrogens with zero attached hydrogens (tertiary/aromatic N) is 3. The molecule has 1 aromatic heterocycles. The molecular weight excluding hydrogens is 682 g/mol. The first kappa shape index (κ1) is 36.9. The molecule has 1 saturated heterocycles. The Bertz CT molecular complexity index is 1740. The molecule has 3 aromatic rings. The van der Waals surface area contributed by atoms with Crippen molar-refractivity contribution in [3.63, 3.8) is 0 Å². The lowest BCUT2D eigenvalue weighted by atomic mass is 10.2. The Morgan fingerprint density at radius 2 is 1.73 bits per heavy atom. The van der Waals surface area contributed by atoms with E-state index in [1.54, 1.807) is 4.90 Å². The van der Waals surface area contributed by atoms with Crippen LogP contribution in [0.15, 0.2) is 40.8 Å². The number of aromatic nitrogens is 1. The molecule has 0 spiro atoms. The average Bonchev–Trinajstić information content (AvgIpc) is 3.84. The Morgan fingerprint density at radius 3 is 2.39 bits per heavy atom. The summed E-state index contributed by atoms with van der Waals surface area (Å²) < 4.78 is 75.0. The van der Waals surface area contributed by atoms with Crippen LogP contribution in [0.3, 0.4) is 0 Å². The maximum absolute atomic E-state index is 14.1. The van der Waals surface area contributed by atoms with Crippen LogP contribution in [-0.2, 0) is 20.9 Å². The summed E-state index contributed by atoms with van der Waals surface area (Å²) in [4.78, 5) is 57.3. The van der Waals surface area contributed by atoms with E-state index >= 15 is 0 Å². The van der Waals surface area contributed by atoms with Crippen molar-refractivity contribution in [2.75, 3.05) is 32.8 Å². The number of piperazine rings is 1. The molecule has 13 nitrogen and oxygen atoms in total. The van der Waals surface area contributed by atoms with E-state index in [4.69, 9.17) is 19.6 Å². The molecule has 1 saturated carbocycles. The van der Waals surface area contributed by atoms with Gasteiger partial charge in [-0.25, -0.2) is 18.6 Å². The van der Waals surface area contributed by atoms with Crippen molar-refractivity contribution in [3.8, 4) is 23.0 Å². The van der Waals surface area contributed by atoms with Crippen LogP contribution in [-0.4, -0.2) is 78.0 Å². The molecule has 0 bridgehead atoms. The maximum atomic E-state index is 14.1. The van der Waals surface area contributed by atoms with Gasteiger partial charge in [-0.3, -0.25) is 14.4 Å². The number of halogens is 4. The smallest absolute Gasteiger partial charge is 0.405 e. The number of benzene rings is 2. The van der Waals surface area contributed by atoms with Crippen LogP contribution in [0.1, 0.15) is 66.9 Å². The summed E-state index contributed by atoms with van der Waals surface area (Å²) >= 11 is 0. The Labute approximate surface area is 290 Å². The molecule has 1 unspecified atom stereocenters. The summed E-state index contributed by atoms with van der Waals surface area (Å²) in [6.45, 7) is -0.149. The topological polar surface area (TPSA) is 167 Å². The number of rotatable bonds is 15. The van der Waals surface area contributed by atoms with Gasteiger partial charge in [-0.2, -0.15) is 8.78 Å². The second-order valence-electron chi connectivity index (χ2n) is 12.1. The van der Waals surface area contributed by atoms with Crippen molar-refractivity contribution in [1.29, 1.82) is 0 Å². The molecule has 0 radical (unpaired) electrons. The highest BCUT2D eigenvalue weighted by molar-refractivity contribution is 5.94. The average molecular weight is 720 g/mol. The van der Waals surface area contributed by atoms with Gasteiger partial charge in [0.15, 0.2) is 29.1 Å². The van der Waals surface area contributed by atoms with Gasteiger partial charge in [0.05, 0.1) is 6.61 Å². The number of hydrogen-bond acceptors (Lipinski definition) is 9. The fraction of sp³-hybridized carbons (Fsp3) is 0.441. The molecule has 5 rings (SSSR count). The lowest BCUT2D eigenvalue weighted by Crippen LogP contribution is -2.51. The van der Waals surface area contributed by atoms with E-state index in [2.05, 4.69) is 15.0 Å². The molecule has 1 aliphatic heterocycles. The minimum absolute atomic E-state index is 0.0168. The van der Waals surface area contributed by atoms with E-state index < -0.39 is 36.4 Å². The highest BCUT2D eigenvalue weighted by Gasteiger charge is 2.35. The van der Waals surface area contributed by atoms with E-state index in [0.717, 1.165) is 25.0 Å². The number of alkyl halides is 2. The molecule has 2 fully saturated rings. The van der Waals surface area contributed by atoms with Gasteiger partial charge in [0.25, 0.3) is 5.91 Å². The summed E-state index contributed by atoms with van der Waals surface area (Å²) in [5, 5.41) is 2.45. The van der Waals surface area contributed by atoms with Crippen LogP contribution in [0.25, 0.3) is 11.5 Å². The zero-order chi connectivity index (χ0) is 36.7. The zero-order valence-corrected chi connectivity index (χ0v) is 27.7. The number of oxazole rings is 1. The molecule has 3 N–H and O–H groups in total. The number of carbonyl (C=O) groups is 4. The fourth-order valence-corrected chi connectivity index (χ4v) is 5.48. The minimum atomic E-state index is -3.17. The highest BCUT2D eigenvalue weighted by Crippen LogP contribution is 2.36. The van der Waals surface area contributed by atoms with Gasteiger partial charge in [0.2, 0.25) is 17.7 Å². The number of hydrogen-bond donors (Lipinski definition) is 2. The van der Waals surface area contributed by atoms with Crippen molar-refractivity contribution in [2.45, 2.75) is 58.3 Å². The van der Waals surface area contributed by atoms with Crippen molar-refractivity contribution < 1.29 is 55.4 Å². The summed E-state index contributed by atoms with van der Waals surface area (Å²) in [5.74, 6) is -3.10. The largest absolute Gasteiger partial charge is 0.490 e. The highest BCUT2D eigenvalue weighted by atomic mass is 19.3. The van der Waals surface area contributed by atoms with Crippen LogP contribution >= 0.6 is 0 Å². The third-order valence-corrected chi connectivity index (χ3v) is 8.31. The second-order valence-corrected chi connectivity index (χ2v) is 12.1. The molecule has 2 aliphatic rings. The summed E-state index contributed by atoms with van der Waals surface area (Å²) in [5.41, 5.74) is 4.94. The Balaban J connectivity index is 1.23. The van der Waals surface area contributed by atoms with Gasteiger partial charge in [-0.05, 0) is 56.9 Å². The second kappa shape index (κ2) is 16.6. The van der Waals surface area contributed by atoms with Crippen LogP contribution < -0.4 is 20.5 Å². The van der Waals surface area contributed by atoms with Crippen LogP contribution in [0.5, 0.6) is 11.5 Å². The number of ether oxygens (including phenoxy) is 3. The van der Waals surface area contributed by atoms with Crippen molar-refractivity contribution in [3.05, 3.63) is 65.1 Å². The summed E-state index contributed by atoms with van der Waals surface area (Å²) in [6.07, 6.45) is 0.566. The van der Waals surface area contributed by atoms with Gasteiger partial charge < -0.3 is 39.5 Å². The predicted octanol–water partition coefficient (Wildman–Crippen LogP) is 4.94. The van der Waals surface area contributed by atoms with Crippen LogP contribution in [0, 0.1) is 17.6 Å². The number of nitrogens with one attached hydrogen (secondary N) is 1. The first-order valence-corrected chi connectivity index (χ1v) is 16.4. The number of primary amides is 1. The predicted molar refractivity (Wildman–Crippen MR) is 170 cm³/mol. The quantitative estimate of drug-likeness (QED) is 0.164. The normalized spacial score (nSPS) is 15.0. The molecular formula is C34H37F4N5O8. The number of nitrogens with two attached hydrogens (primary N) is 1. The molecule has 51 heavy (non-hydrogen) atoms. The maximum Gasteiger partial charge on any atom is 0.405 e. The van der Waals surface area contributed by atoms with Gasteiger partial charge in [-0.1, -0.05) is 6.07 Å². The summed E-state index contributed by atoms with van der Waals surface area (Å²) in [6, 6.07) is 6.66. The van der Waals surface area contributed by atoms with E-state index in [9.17, 15) is 36.7 Å². The lowest BCUT2D eigenvalue weighted by molar-refractivity contribution is -0.140. The molecule has 2 aromatic carbocycles. The third-order valence-electron chi connectivity index (χ3n) is 8.31. The Kier molecular flexibility index (Phi) is 12.0. The van der Waals surface area contributed by atoms with Gasteiger partial charge in [0, 0.05) is 62.3 Å². The minimum Gasteiger partial charge on any atom is -0.490 e. The van der Waals surface area contributed by atoms with Gasteiger partial charge >= 0.3 is 12.7 Å². The third kappa shape index (κ3) is 9.88. The Hall–Kier alpha value is -5.35. The number of unbranched alkanes of at least 4 members (excludes halogenated alkanes) is 1. The number of carbonyl (C=O) groups excluding carboxylic acids is 4. The number of amides is 4. The molecule has 274 valence electrons. The van der Waals surface area contributed by atoms with E-state index in [0.29, 0.717) is 45.1 Å². The molecule has 1 aliphatic carbocycles. The van der Waals surface area contributed by atoms with E-state index in [1.165, 1.54) is 25.1 Å². The zero-order valence-electron chi connectivity index (χ0n) is 27.7. The first-order chi connectivity index (χ1) is 24.4. The fourth-order valence-electron chi connectivity index (χ4n) is 5.48. The molecule has 1 atom stereocenters. The lowest BCUT2D eigenvalue weighted by Gasteiger charge is -2.35. The SMILES string of the molecule is CC(OC(N)=O)c1oc(-c2ccc(OC(F)F)c(OCCCCC(=O)N3CCN(C(=O)C4CC4)CC3)c2)nc1C(=O)NCc1ccc(F)cc1F. The Morgan fingerprint density at radius 1 is 1.00 bits per heavy atom. The van der Waals surface area contributed by atoms with E-state index in [1.807, 2.05) is 4.90 Å². The van der Waals surface area contributed by atoms with Gasteiger partial charge in [-0.15, -0.1) is 0 Å². The molecule has 2 heterocycles. The van der Waals surface area contributed by atoms with Crippen molar-refractivity contribution in [1.82, 2.24) is 20.1 Å². The van der Waals surface area contributed by atoms with Crippen molar-refractivity contribution in [2.24, 2.45) is 11.7 Å². The van der Waals surface area contributed by atoms with Crippen LogP contribution in [0.2, 0.25) is 0 Å². The standard InChI is InChI=1S/C34H37F4N5O8/c1-19(49-34(39)47)29-28(30(45)40-18-22-7-9-23(35)17-24(22)36)41-31(51-29)21-8-10-25(50-33(37)38)26(16-21)48-15-3-2-4-27(44)42-11-13-43(14-12-42)32(46)20-5-6-20/h7-10,16-17,19-20,33H,2-6,11-15,18H2,1H3,(H2,39,47)(H,40,45). The van der Waals surface area contributed by atoms with Crippen LogP contribution in [0.4, 0.5) is 22.4 Å². The first-order valence-electron chi connectivity index (χ1n) is 16.4. The monoisotopic (exact) mass is 719 g/mol. The molecule has 17 heteroatoms. The van der Waals surface area contributed by atoms with Crippen molar-refractivity contribution >= 4 is 23.8 Å².